The lowest BCUT2D eigenvalue weighted by Gasteiger charge is -2.23. The van der Waals surface area contributed by atoms with Crippen molar-refractivity contribution in [2.45, 2.75) is 32.3 Å². The molecule has 1 aliphatic rings. The second kappa shape index (κ2) is 5.82. The summed E-state index contributed by atoms with van der Waals surface area (Å²) in [7, 11) is 2.13. The molecule has 1 aliphatic carbocycles. The topological polar surface area (TPSA) is 31.2 Å². The van der Waals surface area contributed by atoms with Crippen LogP contribution < -0.4 is 0 Å². The van der Waals surface area contributed by atoms with Gasteiger partial charge in [-0.1, -0.05) is 29.8 Å². The molecule has 2 aromatic carbocycles. The second-order valence-electron chi connectivity index (χ2n) is 6.64. The van der Waals surface area contributed by atoms with E-state index >= 15 is 0 Å². The molecule has 0 bridgehead atoms. The Morgan fingerprint density at radius 3 is 2.75 bits per heavy atom. The van der Waals surface area contributed by atoms with E-state index in [1.54, 1.807) is 12.1 Å². The number of nitrogens with zero attached hydrogens (tertiary/aromatic N) is 1. The quantitative estimate of drug-likeness (QED) is 0.663. The number of carbonyl (C=O) groups excluding carboxylic acids is 1. The lowest BCUT2D eigenvalue weighted by molar-refractivity contribution is 0.0270. The predicted octanol–water partition coefficient (Wildman–Crippen LogP) is 4.20. The van der Waals surface area contributed by atoms with E-state index in [2.05, 4.69) is 36.7 Å². The first-order valence-corrected chi connectivity index (χ1v) is 8.46. The van der Waals surface area contributed by atoms with Gasteiger partial charge < -0.3 is 9.30 Å². The van der Waals surface area contributed by atoms with Crippen LogP contribution in [0.15, 0.2) is 48.5 Å². The van der Waals surface area contributed by atoms with Gasteiger partial charge in [-0.15, -0.1) is 0 Å². The van der Waals surface area contributed by atoms with Gasteiger partial charge in [0.15, 0.2) is 0 Å². The molecule has 0 radical (unpaired) electrons. The van der Waals surface area contributed by atoms with Crippen LogP contribution in [0.1, 0.15) is 33.6 Å². The van der Waals surface area contributed by atoms with Gasteiger partial charge in [0.2, 0.25) is 0 Å². The molecule has 1 heterocycles. The highest BCUT2D eigenvalue weighted by Gasteiger charge is 2.27. The van der Waals surface area contributed by atoms with E-state index in [4.69, 9.17) is 4.74 Å². The van der Waals surface area contributed by atoms with Crippen LogP contribution in [0.25, 0.3) is 10.9 Å². The highest BCUT2D eigenvalue weighted by Crippen LogP contribution is 2.33. The van der Waals surface area contributed by atoms with E-state index in [1.165, 1.54) is 27.7 Å². The van der Waals surface area contributed by atoms with Gasteiger partial charge >= 0.3 is 5.97 Å². The van der Waals surface area contributed by atoms with Crippen LogP contribution in [0, 0.1) is 6.92 Å². The third kappa shape index (κ3) is 2.50. The minimum absolute atomic E-state index is 0.0451. The summed E-state index contributed by atoms with van der Waals surface area (Å²) < 4.78 is 8.07. The van der Waals surface area contributed by atoms with Crippen LogP contribution >= 0.6 is 0 Å². The smallest absolute Gasteiger partial charge is 0.338 e. The van der Waals surface area contributed by atoms with Crippen molar-refractivity contribution in [3.63, 3.8) is 0 Å². The molecule has 0 saturated carbocycles. The highest BCUT2D eigenvalue weighted by atomic mass is 16.5. The number of benzene rings is 2. The summed E-state index contributed by atoms with van der Waals surface area (Å²) in [6.45, 7) is 2.12. The predicted molar refractivity (Wildman–Crippen MR) is 95.3 cm³/mol. The molecule has 3 aromatic rings. The summed E-state index contributed by atoms with van der Waals surface area (Å²) in [6, 6.07) is 15.8. The van der Waals surface area contributed by atoms with Crippen molar-refractivity contribution >= 4 is 16.9 Å². The number of hydrogen-bond donors (Lipinski definition) is 0. The molecule has 0 N–H and O–H groups in total. The lowest BCUT2D eigenvalue weighted by atomic mass is 9.92. The molecule has 0 saturated heterocycles. The summed E-state index contributed by atoms with van der Waals surface area (Å²) in [5, 5.41) is 1.30. The maximum atomic E-state index is 12.3. The van der Waals surface area contributed by atoms with Crippen molar-refractivity contribution in [2.75, 3.05) is 0 Å². The average molecular weight is 319 g/mol. The summed E-state index contributed by atoms with van der Waals surface area (Å²) in [4.78, 5) is 12.3. The van der Waals surface area contributed by atoms with Crippen LogP contribution in [0.2, 0.25) is 0 Å². The number of hydrogen-bond acceptors (Lipinski definition) is 2. The fourth-order valence-electron chi connectivity index (χ4n) is 3.76. The molecular formula is C21H21NO2. The van der Waals surface area contributed by atoms with Crippen molar-refractivity contribution in [3.8, 4) is 0 Å². The fourth-order valence-corrected chi connectivity index (χ4v) is 3.76. The Labute approximate surface area is 141 Å². The first-order chi connectivity index (χ1) is 11.6. The van der Waals surface area contributed by atoms with Crippen molar-refractivity contribution < 1.29 is 9.53 Å². The Morgan fingerprint density at radius 2 is 1.96 bits per heavy atom. The van der Waals surface area contributed by atoms with Crippen LogP contribution in [0.5, 0.6) is 0 Å². The minimum atomic E-state index is -0.222. The zero-order valence-electron chi connectivity index (χ0n) is 14.1. The van der Waals surface area contributed by atoms with E-state index in [-0.39, 0.29) is 12.1 Å². The second-order valence-corrected chi connectivity index (χ2v) is 6.64. The minimum Gasteiger partial charge on any atom is -0.458 e. The third-order valence-corrected chi connectivity index (χ3v) is 5.01. The van der Waals surface area contributed by atoms with Gasteiger partial charge in [-0.3, -0.25) is 0 Å². The van der Waals surface area contributed by atoms with Gasteiger partial charge in [-0.25, -0.2) is 4.79 Å². The first kappa shape index (κ1) is 15.0. The zero-order valence-corrected chi connectivity index (χ0v) is 14.1. The maximum Gasteiger partial charge on any atom is 0.338 e. The summed E-state index contributed by atoms with van der Waals surface area (Å²) in [6.07, 6.45) is 2.59. The number of rotatable bonds is 2. The Kier molecular flexibility index (Phi) is 3.64. The normalized spacial score (nSPS) is 16.8. The van der Waals surface area contributed by atoms with E-state index in [0.29, 0.717) is 5.56 Å². The molecule has 4 rings (SSSR count). The monoisotopic (exact) mass is 319 g/mol. The Hall–Kier alpha value is -2.55. The highest BCUT2D eigenvalue weighted by molar-refractivity contribution is 5.90. The molecule has 1 atom stereocenters. The standard InChI is InChI=1S/C21H21NO2/c1-14-8-10-19-17(12-14)18-13-16(9-11-20(18)22(19)2)24-21(23)15-6-4-3-5-7-15/h3-8,10,12,16H,9,11,13H2,1-2H3. The number of fused-ring (bicyclic) bond motifs is 3. The molecule has 3 nitrogen and oxygen atoms in total. The Balaban J connectivity index is 1.62. The first-order valence-electron chi connectivity index (χ1n) is 8.46. The van der Waals surface area contributed by atoms with E-state index in [1.807, 2.05) is 18.2 Å². The molecule has 0 fully saturated rings. The average Bonchev–Trinajstić information content (AvgIpc) is 2.87. The van der Waals surface area contributed by atoms with E-state index in [0.717, 1.165) is 19.3 Å². The molecule has 1 unspecified atom stereocenters. The Morgan fingerprint density at radius 1 is 1.17 bits per heavy atom. The molecule has 0 spiro atoms. The Bertz CT molecular complexity index is 908. The van der Waals surface area contributed by atoms with E-state index in [9.17, 15) is 4.79 Å². The fraction of sp³-hybridized carbons (Fsp3) is 0.286. The molecule has 0 aliphatic heterocycles. The van der Waals surface area contributed by atoms with Gasteiger partial charge in [0.1, 0.15) is 6.10 Å². The van der Waals surface area contributed by atoms with Crippen molar-refractivity contribution in [1.82, 2.24) is 4.57 Å². The molecular weight excluding hydrogens is 298 g/mol. The van der Waals surface area contributed by atoms with Crippen LogP contribution in [0.3, 0.4) is 0 Å². The molecule has 0 amide bonds. The molecule has 1 aromatic heterocycles. The van der Waals surface area contributed by atoms with Gasteiger partial charge in [-0.05, 0) is 49.6 Å². The number of aryl methyl sites for hydroxylation is 2. The number of esters is 1. The van der Waals surface area contributed by atoms with Crippen LogP contribution in [-0.2, 0) is 24.6 Å². The largest absolute Gasteiger partial charge is 0.458 e. The van der Waals surface area contributed by atoms with Gasteiger partial charge in [0.25, 0.3) is 0 Å². The SMILES string of the molecule is Cc1ccc2c(c1)c1c(n2C)CCC(OC(=O)c2ccccc2)C1. The van der Waals surface area contributed by atoms with Gasteiger partial charge in [0, 0.05) is 30.1 Å². The number of aromatic nitrogens is 1. The zero-order chi connectivity index (χ0) is 16.7. The van der Waals surface area contributed by atoms with Crippen molar-refractivity contribution in [3.05, 3.63) is 70.9 Å². The van der Waals surface area contributed by atoms with Gasteiger partial charge in [0.05, 0.1) is 5.56 Å². The molecule has 122 valence electrons. The summed E-state index contributed by atoms with van der Waals surface area (Å²) >= 11 is 0. The van der Waals surface area contributed by atoms with Crippen LogP contribution in [0.4, 0.5) is 0 Å². The third-order valence-electron chi connectivity index (χ3n) is 5.01. The number of carbonyl (C=O) groups is 1. The van der Waals surface area contributed by atoms with E-state index < -0.39 is 0 Å². The lowest BCUT2D eigenvalue weighted by Crippen LogP contribution is -2.26. The molecule has 3 heteroatoms. The van der Waals surface area contributed by atoms with Gasteiger partial charge in [-0.2, -0.15) is 0 Å². The molecule has 24 heavy (non-hydrogen) atoms. The van der Waals surface area contributed by atoms with Crippen LogP contribution in [-0.4, -0.2) is 16.6 Å². The maximum absolute atomic E-state index is 12.3. The van der Waals surface area contributed by atoms with Crippen molar-refractivity contribution in [2.24, 2.45) is 7.05 Å². The summed E-state index contributed by atoms with van der Waals surface area (Å²) in [5.41, 5.74) is 5.87. The summed E-state index contributed by atoms with van der Waals surface area (Å²) in [5.74, 6) is -0.222. The number of ether oxygens (including phenoxy) is 1. The van der Waals surface area contributed by atoms with Crippen molar-refractivity contribution in [1.29, 1.82) is 0 Å².